The number of carbonyl (C=O) groups is 2. The van der Waals surface area contributed by atoms with Crippen LogP contribution in [0.25, 0.3) is 11.4 Å². The smallest absolute Gasteiger partial charge is 0.262 e. The zero-order valence-electron chi connectivity index (χ0n) is 31.9. The first-order chi connectivity index (χ1) is 24.7. The Kier molecular flexibility index (Phi) is 13.5. The summed E-state index contributed by atoms with van der Waals surface area (Å²) in [5.41, 5.74) is 2.51. The van der Waals surface area contributed by atoms with Crippen LogP contribution < -0.4 is 14.9 Å². The van der Waals surface area contributed by atoms with Gasteiger partial charge in [0.1, 0.15) is 6.04 Å². The number of benzene rings is 1. The zero-order chi connectivity index (χ0) is 37.5. The number of nitrogens with one attached hydrogen (secondary N) is 2. The lowest BCUT2D eigenvalue weighted by atomic mass is 9.72. The van der Waals surface area contributed by atoms with Crippen LogP contribution in [0.3, 0.4) is 0 Å². The largest absolute Gasteiger partial charge is 0.369 e. The minimum Gasteiger partial charge on any atom is -0.369 e. The van der Waals surface area contributed by atoms with Gasteiger partial charge in [0, 0.05) is 36.5 Å². The van der Waals surface area contributed by atoms with E-state index in [1.807, 2.05) is 42.7 Å². The second-order valence-electron chi connectivity index (χ2n) is 16.1. The number of carbonyl (C=O) groups excluding carboxylic acids is 2. The van der Waals surface area contributed by atoms with Gasteiger partial charge >= 0.3 is 0 Å². The van der Waals surface area contributed by atoms with Crippen molar-refractivity contribution in [3.63, 3.8) is 0 Å². The first-order valence-electron chi connectivity index (χ1n) is 19.0. The van der Waals surface area contributed by atoms with Gasteiger partial charge in [-0.15, -0.1) is 11.3 Å². The minimum absolute atomic E-state index is 0.106. The number of amides is 2. The van der Waals surface area contributed by atoms with E-state index in [1.54, 1.807) is 25.1 Å². The van der Waals surface area contributed by atoms with Crippen LogP contribution in [0.5, 0.6) is 0 Å². The quantitative estimate of drug-likeness (QED) is 0.187. The lowest BCUT2D eigenvalue weighted by Crippen LogP contribution is -2.50. The summed E-state index contributed by atoms with van der Waals surface area (Å²) in [6.45, 7) is 10.9. The molecule has 2 amide bonds. The van der Waals surface area contributed by atoms with Gasteiger partial charge in [-0.25, -0.2) is 18.4 Å². The third-order valence-electron chi connectivity index (χ3n) is 10.7. The minimum atomic E-state index is -3.91. The predicted octanol–water partition coefficient (Wildman–Crippen LogP) is 6.67. The lowest BCUT2D eigenvalue weighted by Gasteiger charge is -2.39. The lowest BCUT2D eigenvalue weighted by molar-refractivity contribution is -0.121. The summed E-state index contributed by atoms with van der Waals surface area (Å²) in [4.78, 5) is 41.7. The van der Waals surface area contributed by atoms with Gasteiger partial charge in [0.25, 0.3) is 11.8 Å². The van der Waals surface area contributed by atoms with E-state index < -0.39 is 27.9 Å². The topological polar surface area (TPSA) is 125 Å². The molecule has 1 saturated heterocycles. The molecule has 1 unspecified atom stereocenters. The average Bonchev–Trinajstić information content (AvgIpc) is 3.63. The summed E-state index contributed by atoms with van der Waals surface area (Å²) in [6, 6.07) is 10.1. The van der Waals surface area contributed by atoms with Crippen molar-refractivity contribution in [2.45, 2.75) is 96.9 Å². The number of hydrogen-bond acceptors (Lipinski definition) is 9. The van der Waals surface area contributed by atoms with E-state index in [9.17, 15) is 18.0 Å². The molecule has 2 aromatic heterocycles. The fraction of sp³-hybridized carbons (Fsp3) is 0.600. The third kappa shape index (κ3) is 11.1. The third-order valence-corrected chi connectivity index (χ3v) is 13.4. The molecule has 1 aromatic carbocycles. The molecule has 1 aliphatic heterocycles. The number of rotatable bonds is 14. The van der Waals surface area contributed by atoms with Gasteiger partial charge in [-0.05, 0) is 80.6 Å². The van der Waals surface area contributed by atoms with Crippen molar-refractivity contribution in [1.29, 1.82) is 0 Å². The maximum Gasteiger partial charge on any atom is 0.262 e. The van der Waals surface area contributed by atoms with Gasteiger partial charge in [0.05, 0.1) is 28.7 Å². The van der Waals surface area contributed by atoms with E-state index in [2.05, 4.69) is 42.6 Å². The Bertz CT molecular complexity index is 1720. The Labute approximate surface area is 315 Å². The van der Waals surface area contributed by atoms with Crippen LogP contribution in [0.15, 0.2) is 48.8 Å². The van der Waals surface area contributed by atoms with Crippen molar-refractivity contribution in [1.82, 2.24) is 24.9 Å². The van der Waals surface area contributed by atoms with E-state index >= 15 is 0 Å². The van der Waals surface area contributed by atoms with Gasteiger partial charge in [0.15, 0.2) is 5.82 Å². The Morgan fingerprint density at radius 1 is 0.942 bits per heavy atom. The molecule has 284 valence electrons. The molecule has 0 radical (unpaired) electrons. The number of piperidine rings is 1. The number of sulfonamides is 1. The van der Waals surface area contributed by atoms with Gasteiger partial charge in [-0.3, -0.25) is 14.3 Å². The van der Waals surface area contributed by atoms with Crippen LogP contribution >= 0.6 is 11.3 Å². The summed E-state index contributed by atoms with van der Waals surface area (Å²) >= 11 is 1.36. The summed E-state index contributed by atoms with van der Waals surface area (Å²) in [5, 5.41) is 2.80. The Hall–Kier alpha value is -3.35. The predicted molar refractivity (Wildman–Crippen MR) is 211 cm³/mol. The highest BCUT2D eigenvalue weighted by atomic mass is 32.2. The first kappa shape index (κ1) is 39.8. The molecule has 3 aromatic rings. The van der Waals surface area contributed by atoms with Crippen LogP contribution in [0.1, 0.15) is 99.2 Å². The normalized spacial score (nSPS) is 19.4. The first-order valence-corrected chi connectivity index (χ1v) is 21.4. The number of anilines is 1. The van der Waals surface area contributed by atoms with Crippen molar-refractivity contribution in [3.05, 3.63) is 64.1 Å². The summed E-state index contributed by atoms with van der Waals surface area (Å²) in [5.74, 6) is 1.85. The molecule has 1 saturated carbocycles. The SMILES string of the molecule is CCC[C@H]1CC[C@H](C2CCN(c3cnc(-c4ccc(CC(NC(=O)c5ccc(C(C)(C)C)s5)C(=O)NS(=O)(=O)CCN(C)C)cc4)nc3)CC2)CC1. The van der Waals surface area contributed by atoms with Crippen molar-refractivity contribution >= 4 is 38.9 Å². The molecule has 1 atom stereocenters. The van der Waals surface area contributed by atoms with Crippen LogP contribution in [0.4, 0.5) is 5.69 Å². The van der Waals surface area contributed by atoms with E-state index in [0.717, 1.165) is 52.5 Å². The fourth-order valence-electron chi connectivity index (χ4n) is 7.52. The summed E-state index contributed by atoms with van der Waals surface area (Å²) in [6.07, 6.45) is 14.7. The molecule has 5 rings (SSSR count). The van der Waals surface area contributed by atoms with Crippen molar-refractivity contribution in [3.8, 4) is 11.4 Å². The van der Waals surface area contributed by atoms with E-state index in [1.165, 1.54) is 62.7 Å². The number of nitrogens with zero attached hydrogens (tertiary/aromatic N) is 4. The van der Waals surface area contributed by atoms with Crippen LogP contribution in [0.2, 0.25) is 0 Å². The maximum absolute atomic E-state index is 13.4. The standard InChI is InChI=1S/C40H58N6O4S2/c1-7-8-28-9-13-30(14-10-28)31-19-21-46(22-20-31)33-26-41-37(42-27-33)32-15-11-29(12-16-32)25-34(38(47)44-52(49,50)24-23-45(5)6)43-39(48)35-17-18-36(51-35)40(2,3)4/h11-12,15-18,26-28,30-31,34H,7-10,13-14,19-25H2,1-6H3,(H,43,48)(H,44,47)/t28-,30-,34?. The second-order valence-corrected chi connectivity index (χ2v) is 19.0. The highest BCUT2D eigenvalue weighted by Crippen LogP contribution is 2.39. The monoisotopic (exact) mass is 750 g/mol. The highest BCUT2D eigenvalue weighted by Gasteiger charge is 2.31. The molecule has 3 heterocycles. The molecular formula is C40H58N6O4S2. The van der Waals surface area contributed by atoms with Crippen LogP contribution in [-0.4, -0.2) is 80.6 Å². The van der Waals surface area contributed by atoms with Gasteiger partial charge in [0.2, 0.25) is 10.0 Å². The number of hydrogen-bond donors (Lipinski definition) is 2. The maximum atomic E-state index is 13.4. The molecule has 12 heteroatoms. The molecule has 10 nitrogen and oxygen atoms in total. The molecule has 52 heavy (non-hydrogen) atoms. The van der Waals surface area contributed by atoms with Crippen LogP contribution in [0, 0.1) is 17.8 Å². The van der Waals surface area contributed by atoms with Gasteiger partial charge in [-0.1, -0.05) is 77.6 Å². The summed E-state index contributed by atoms with van der Waals surface area (Å²) < 4.78 is 27.6. The van der Waals surface area contributed by atoms with Gasteiger partial charge in [-0.2, -0.15) is 0 Å². The zero-order valence-corrected chi connectivity index (χ0v) is 33.5. The molecule has 1 aliphatic carbocycles. The Balaban J connectivity index is 1.21. The van der Waals surface area contributed by atoms with E-state index in [4.69, 9.17) is 9.97 Å². The molecular weight excluding hydrogens is 693 g/mol. The van der Waals surface area contributed by atoms with E-state index in [-0.39, 0.29) is 24.1 Å². The number of thiophene rings is 1. The average molecular weight is 751 g/mol. The molecule has 2 N–H and O–H groups in total. The Morgan fingerprint density at radius 2 is 1.58 bits per heavy atom. The summed E-state index contributed by atoms with van der Waals surface area (Å²) in [7, 11) is -0.380. The highest BCUT2D eigenvalue weighted by molar-refractivity contribution is 7.90. The van der Waals surface area contributed by atoms with Crippen molar-refractivity contribution < 1.29 is 18.0 Å². The van der Waals surface area contributed by atoms with Crippen molar-refractivity contribution in [2.75, 3.05) is 44.4 Å². The van der Waals surface area contributed by atoms with Crippen LogP contribution in [-0.2, 0) is 26.7 Å². The van der Waals surface area contributed by atoms with Gasteiger partial charge < -0.3 is 15.1 Å². The fourth-order valence-corrected chi connectivity index (χ4v) is 9.65. The van der Waals surface area contributed by atoms with E-state index in [0.29, 0.717) is 10.7 Å². The molecule has 2 fully saturated rings. The molecule has 2 aliphatic rings. The number of aromatic nitrogens is 2. The Morgan fingerprint density at radius 3 is 2.15 bits per heavy atom. The van der Waals surface area contributed by atoms with Crippen molar-refractivity contribution in [2.24, 2.45) is 17.8 Å². The molecule has 0 spiro atoms. The second kappa shape index (κ2) is 17.6. The molecule has 0 bridgehead atoms.